The molecule has 7 nitrogen and oxygen atoms in total. The molecule has 0 spiro atoms. The fourth-order valence-corrected chi connectivity index (χ4v) is 2.95. The van der Waals surface area contributed by atoms with Crippen molar-refractivity contribution in [2.24, 2.45) is 0 Å². The van der Waals surface area contributed by atoms with Gasteiger partial charge >= 0.3 is 0 Å². The van der Waals surface area contributed by atoms with Crippen molar-refractivity contribution in [1.82, 2.24) is 0 Å². The van der Waals surface area contributed by atoms with Crippen molar-refractivity contribution in [3.05, 3.63) is 89.5 Å². The van der Waals surface area contributed by atoms with Crippen LogP contribution in [0.3, 0.4) is 0 Å². The van der Waals surface area contributed by atoms with Crippen LogP contribution in [0.2, 0.25) is 0 Å². The first kappa shape index (κ1) is 23.1. The number of carbonyl (C=O) groups is 2. The van der Waals surface area contributed by atoms with Crippen LogP contribution in [-0.4, -0.2) is 25.5 Å². The SMILES string of the molecule is COc1ccc(C)cc1NC(=O)/C(C#N)=C/c1ccc(OCC(=O)Nc2ccccc2)cc1. The van der Waals surface area contributed by atoms with Crippen LogP contribution in [0.25, 0.3) is 6.08 Å². The molecule has 0 saturated carbocycles. The summed E-state index contributed by atoms with van der Waals surface area (Å²) in [6, 6.07) is 23.1. The van der Waals surface area contributed by atoms with Gasteiger partial charge in [0.25, 0.3) is 11.8 Å². The molecule has 0 unspecified atom stereocenters. The Bertz CT molecular complexity index is 1200. The number of nitrogens with one attached hydrogen (secondary N) is 2. The van der Waals surface area contributed by atoms with Gasteiger partial charge in [-0.15, -0.1) is 0 Å². The quantitative estimate of drug-likeness (QED) is 0.394. The lowest BCUT2D eigenvalue weighted by Crippen LogP contribution is -2.20. The Hall–Kier alpha value is -4.57. The molecule has 0 aliphatic heterocycles. The zero-order valence-corrected chi connectivity index (χ0v) is 18.3. The summed E-state index contributed by atoms with van der Waals surface area (Å²) in [5.41, 5.74) is 2.70. The lowest BCUT2D eigenvalue weighted by molar-refractivity contribution is -0.118. The largest absolute Gasteiger partial charge is 0.495 e. The highest BCUT2D eigenvalue weighted by Gasteiger charge is 2.13. The minimum Gasteiger partial charge on any atom is -0.495 e. The molecular weight excluding hydrogens is 418 g/mol. The first-order valence-electron chi connectivity index (χ1n) is 10.1. The standard InChI is InChI=1S/C26H23N3O4/c1-18-8-13-24(32-2)23(14-18)29-26(31)20(16-27)15-19-9-11-22(12-10-19)33-17-25(30)28-21-6-4-3-5-7-21/h3-15H,17H2,1-2H3,(H,28,30)(H,29,31)/b20-15+. The number of rotatable bonds is 8. The maximum absolute atomic E-state index is 12.6. The molecule has 3 rings (SSSR count). The Morgan fingerprint density at radius 2 is 1.73 bits per heavy atom. The van der Waals surface area contributed by atoms with Crippen molar-refractivity contribution in [1.29, 1.82) is 5.26 Å². The maximum atomic E-state index is 12.6. The fourth-order valence-electron chi connectivity index (χ4n) is 2.95. The lowest BCUT2D eigenvalue weighted by atomic mass is 10.1. The molecule has 0 radical (unpaired) electrons. The molecule has 166 valence electrons. The van der Waals surface area contributed by atoms with Gasteiger partial charge < -0.3 is 20.1 Å². The van der Waals surface area contributed by atoms with Crippen molar-refractivity contribution in [2.75, 3.05) is 24.4 Å². The van der Waals surface area contributed by atoms with E-state index in [1.165, 1.54) is 13.2 Å². The van der Waals surface area contributed by atoms with E-state index >= 15 is 0 Å². The van der Waals surface area contributed by atoms with Crippen molar-refractivity contribution in [3.63, 3.8) is 0 Å². The summed E-state index contributed by atoms with van der Waals surface area (Å²) in [6.07, 6.45) is 1.48. The zero-order valence-electron chi connectivity index (χ0n) is 18.3. The van der Waals surface area contributed by atoms with E-state index in [1.807, 2.05) is 37.3 Å². The molecule has 0 atom stereocenters. The lowest BCUT2D eigenvalue weighted by Gasteiger charge is -2.10. The smallest absolute Gasteiger partial charge is 0.266 e. The molecule has 0 aliphatic rings. The second-order valence-corrected chi connectivity index (χ2v) is 7.10. The van der Waals surface area contributed by atoms with E-state index in [9.17, 15) is 14.9 Å². The van der Waals surface area contributed by atoms with Gasteiger partial charge in [0.05, 0.1) is 12.8 Å². The van der Waals surface area contributed by atoms with Crippen LogP contribution in [0.5, 0.6) is 11.5 Å². The molecule has 7 heteroatoms. The number of benzene rings is 3. The van der Waals surface area contributed by atoms with E-state index in [0.29, 0.717) is 28.4 Å². The van der Waals surface area contributed by atoms with Gasteiger partial charge in [-0.1, -0.05) is 36.4 Å². The number of para-hydroxylation sites is 1. The molecule has 0 aliphatic carbocycles. The predicted octanol–water partition coefficient (Wildman–Crippen LogP) is 4.57. The Morgan fingerprint density at radius 1 is 1.00 bits per heavy atom. The van der Waals surface area contributed by atoms with Crippen molar-refractivity contribution >= 4 is 29.3 Å². The van der Waals surface area contributed by atoms with Gasteiger partial charge in [-0.3, -0.25) is 9.59 Å². The molecular formula is C26H23N3O4. The summed E-state index contributed by atoms with van der Waals surface area (Å²) in [5, 5.41) is 14.9. The fraction of sp³-hybridized carbons (Fsp3) is 0.115. The summed E-state index contributed by atoms with van der Waals surface area (Å²) in [6.45, 7) is 1.75. The van der Waals surface area contributed by atoms with Crippen LogP contribution in [0.1, 0.15) is 11.1 Å². The molecule has 0 aromatic heterocycles. The third-order valence-electron chi connectivity index (χ3n) is 4.59. The predicted molar refractivity (Wildman–Crippen MR) is 127 cm³/mol. The summed E-state index contributed by atoms with van der Waals surface area (Å²) in [5.74, 6) is 0.173. The molecule has 2 N–H and O–H groups in total. The van der Waals surface area contributed by atoms with Gasteiger partial charge in [-0.25, -0.2) is 0 Å². The van der Waals surface area contributed by atoms with Crippen LogP contribution in [-0.2, 0) is 9.59 Å². The van der Waals surface area contributed by atoms with Gasteiger partial charge in [0.1, 0.15) is 23.1 Å². The Balaban J connectivity index is 1.61. The number of amides is 2. The number of anilines is 2. The third kappa shape index (κ3) is 6.71. The minimum absolute atomic E-state index is 0.0607. The Morgan fingerprint density at radius 3 is 2.39 bits per heavy atom. The average molecular weight is 441 g/mol. The number of nitriles is 1. The first-order chi connectivity index (χ1) is 16.0. The second-order valence-electron chi connectivity index (χ2n) is 7.10. The highest BCUT2D eigenvalue weighted by Crippen LogP contribution is 2.26. The molecule has 0 bridgehead atoms. The minimum atomic E-state index is -0.542. The molecule has 3 aromatic carbocycles. The summed E-state index contributed by atoms with van der Waals surface area (Å²) < 4.78 is 10.8. The van der Waals surface area contributed by atoms with Gasteiger partial charge in [0.2, 0.25) is 0 Å². The number of carbonyl (C=O) groups excluding carboxylic acids is 2. The topological polar surface area (TPSA) is 100 Å². The molecule has 0 saturated heterocycles. The second kappa shape index (κ2) is 11.2. The zero-order chi connectivity index (χ0) is 23.6. The number of hydrogen-bond donors (Lipinski definition) is 2. The van der Waals surface area contributed by atoms with Crippen LogP contribution < -0.4 is 20.1 Å². The normalized spacial score (nSPS) is 10.6. The molecule has 0 fully saturated rings. The number of methoxy groups -OCH3 is 1. The number of nitrogens with zero attached hydrogens (tertiary/aromatic N) is 1. The van der Waals surface area contributed by atoms with E-state index in [4.69, 9.17) is 9.47 Å². The first-order valence-corrected chi connectivity index (χ1v) is 10.1. The Kier molecular flexibility index (Phi) is 7.81. The summed E-state index contributed by atoms with van der Waals surface area (Å²) in [4.78, 5) is 24.6. The number of hydrogen-bond acceptors (Lipinski definition) is 5. The highest BCUT2D eigenvalue weighted by molar-refractivity contribution is 6.10. The van der Waals surface area contributed by atoms with E-state index in [1.54, 1.807) is 48.5 Å². The van der Waals surface area contributed by atoms with Crippen molar-refractivity contribution in [3.8, 4) is 17.6 Å². The van der Waals surface area contributed by atoms with Crippen LogP contribution in [0.15, 0.2) is 78.4 Å². The molecule has 2 amide bonds. The summed E-state index contributed by atoms with van der Waals surface area (Å²) in [7, 11) is 1.51. The molecule has 3 aromatic rings. The summed E-state index contributed by atoms with van der Waals surface area (Å²) >= 11 is 0. The Labute approximate surface area is 192 Å². The van der Waals surface area contributed by atoms with Gasteiger partial charge in [-0.05, 0) is 60.5 Å². The van der Waals surface area contributed by atoms with Gasteiger partial charge in [0.15, 0.2) is 6.61 Å². The number of ether oxygens (including phenoxy) is 2. The van der Waals surface area contributed by atoms with E-state index in [0.717, 1.165) is 5.56 Å². The van der Waals surface area contributed by atoms with Crippen molar-refractivity contribution < 1.29 is 19.1 Å². The monoisotopic (exact) mass is 441 g/mol. The highest BCUT2D eigenvalue weighted by atomic mass is 16.5. The van der Waals surface area contributed by atoms with Crippen LogP contribution >= 0.6 is 0 Å². The third-order valence-corrected chi connectivity index (χ3v) is 4.59. The van der Waals surface area contributed by atoms with Crippen LogP contribution in [0, 0.1) is 18.3 Å². The van der Waals surface area contributed by atoms with Crippen LogP contribution in [0.4, 0.5) is 11.4 Å². The maximum Gasteiger partial charge on any atom is 0.266 e. The average Bonchev–Trinajstić information content (AvgIpc) is 2.82. The van der Waals surface area contributed by atoms with E-state index < -0.39 is 5.91 Å². The van der Waals surface area contributed by atoms with Crippen molar-refractivity contribution in [2.45, 2.75) is 6.92 Å². The van der Waals surface area contributed by atoms with E-state index in [2.05, 4.69) is 10.6 Å². The van der Waals surface area contributed by atoms with Gasteiger partial charge in [-0.2, -0.15) is 5.26 Å². The van der Waals surface area contributed by atoms with Gasteiger partial charge in [0, 0.05) is 5.69 Å². The molecule has 33 heavy (non-hydrogen) atoms. The van der Waals surface area contributed by atoms with E-state index in [-0.39, 0.29) is 18.1 Å². The molecule has 0 heterocycles. The number of aryl methyl sites for hydroxylation is 1.